The number of sulfone groups is 1. The molecule has 13 heteroatoms. The van der Waals surface area contributed by atoms with Gasteiger partial charge in [-0.25, -0.2) is 8.42 Å². The second kappa shape index (κ2) is 7.11. The van der Waals surface area contributed by atoms with Crippen LogP contribution in [0.4, 0.5) is 22.7 Å². The van der Waals surface area contributed by atoms with Crippen LogP contribution in [-0.2, 0) is 20.0 Å². The molecule has 0 aliphatic carbocycles. The zero-order valence-electron chi connectivity index (χ0n) is 13.7. The number of hydrogen-bond acceptors (Lipinski definition) is 9. The fraction of sp³-hybridized carbons (Fsp3) is 0.143. The third-order valence-corrected chi connectivity index (χ3v) is 6.25. The predicted octanol–water partition coefficient (Wildman–Crippen LogP) is 1.28. The van der Waals surface area contributed by atoms with E-state index < -0.39 is 45.8 Å². The van der Waals surface area contributed by atoms with Crippen molar-refractivity contribution in [3.8, 4) is 0 Å². The molecule has 5 N–H and O–H groups in total. The highest BCUT2D eigenvalue weighted by molar-refractivity contribution is 7.91. The van der Waals surface area contributed by atoms with E-state index in [2.05, 4.69) is 5.32 Å². The van der Waals surface area contributed by atoms with Gasteiger partial charge in [0.05, 0.1) is 15.5 Å². The molecule has 0 bridgehead atoms. The first-order chi connectivity index (χ1) is 12.3. The van der Waals surface area contributed by atoms with E-state index in [-0.39, 0.29) is 17.1 Å². The minimum Gasteiger partial charge on any atom is -0.398 e. The smallest absolute Gasteiger partial charge is 0.296 e. The van der Waals surface area contributed by atoms with Crippen molar-refractivity contribution < 1.29 is 31.4 Å². The number of nitrogens with two attached hydrogens (primary N) is 1. The summed E-state index contributed by atoms with van der Waals surface area (Å²) in [5.74, 6) is 0. The van der Waals surface area contributed by atoms with E-state index >= 15 is 0 Å². The van der Waals surface area contributed by atoms with Crippen LogP contribution < -0.4 is 11.1 Å². The van der Waals surface area contributed by atoms with Gasteiger partial charge >= 0.3 is 0 Å². The standard InChI is InChI=1S/C14H15N3O8S2/c1-8(18)26(21,22)10-3-4-12(13(7-10)17(19)20)16-9-2-5-14(11(15)6-9)27(23,24)25/h2-8,16,18H,15H2,1H3,(H,23,24,25). The molecular formula is C14H15N3O8S2. The molecule has 0 heterocycles. The maximum absolute atomic E-state index is 12.0. The highest BCUT2D eigenvalue weighted by Crippen LogP contribution is 2.32. The number of nitrogens with one attached hydrogen (secondary N) is 1. The van der Waals surface area contributed by atoms with E-state index in [1.165, 1.54) is 6.07 Å². The fourth-order valence-corrected chi connectivity index (χ4v) is 3.68. The maximum atomic E-state index is 12.0. The third kappa shape index (κ3) is 4.33. The Bertz CT molecular complexity index is 1110. The predicted molar refractivity (Wildman–Crippen MR) is 95.9 cm³/mol. The highest BCUT2D eigenvalue weighted by atomic mass is 32.2. The largest absolute Gasteiger partial charge is 0.398 e. The number of benzene rings is 2. The number of rotatable bonds is 6. The number of aliphatic hydroxyl groups excluding tert-OH is 1. The Kier molecular flexibility index (Phi) is 5.42. The quantitative estimate of drug-likeness (QED) is 0.230. The molecule has 0 saturated heterocycles. The summed E-state index contributed by atoms with van der Waals surface area (Å²) in [7, 11) is -8.67. The Hall–Kier alpha value is -2.74. The van der Waals surface area contributed by atoms with Crippen LogP contribution >= 0.6 is 0 Å². The van der Waals surface area contributed by atoms with Gasteiger partial charge in [-0.2, -0.15) is 8.42 Å². The SMILES string of the molecule is CC(O)S(=O)(=O)c1ccc(Nc2ccc(S(=O)(=O)O)c(N)c2)c([N+](=O)[O-])c1. The molecule has 2 aromatic carbocycles. The zero-order valence-corrected chi connectivity index (χ0v) is 15.4. The fourth-order valence-electron chi connectivity index (χ4n) is 2.16. The summed E-state index contributed by atoms with van der Waals surface area (Å²) in [4.78, 5) is 9.50. The van der Waals surface area contributed by atoms with Gasteiger partial charge in [-0.1, -0.05) is 0 Å². The van der Waals surface area contributed by atoms with Crippen molar-refractivity contribution in [2.75, 3.05) is 11.1 Å². The molecule has 146 valence electrons. The van der Waals surface area contributed by atoms with Crippen molar-refractivity contribution in [3.05, 3.63) is 46.5 Å². The number of anilines is 3. The van der Waals surface area contributed by atoms with Crippen LogP contribution in [0.1, 0.15) is 6.92 Å². The Morgan fingerprint density at radius 1 is 1.15 bits per heavy atom. The molecule has 0 aliphatic heterocycles. The lowest BCUT2D eigenvalue weighted by Crippen LogP contribution is -2.17. The maximum Gasteiger partial charge on any atom is 0.296 e. The van der Waals surface area contributed by atoms with Crippen LogP contribution in [0.2, 0.25) is 0 Å². The van der Waals surface area contributed by atoms with Crippen LogP contribution in [0, 0.1) is 10.1 Å². The minimum atomic E-state index is -4.53. The van der Waals surface area contributed by atoms with E-state index in [0.717, 1.165) is 37.3 Å². The number of nitrogen functional groups attached to an aromatic ring is 1. The molecule has 0 saturated carbocycles. The second-order valence-electron chi connectivity index (χ2n) is 5.43. The molecule has 0 amide bonds. The molecule has 0 aliphatic rings. The van der Waals surface area contributed by atoms with Gasteiger partial charge in [0.15, 0.2) is 5.44 Å². The second-order valence-corrected chi connectivity index (χ2v) is 9.07. The van der Waals surface area contributed by atoms with Gasteiger partial charge in [-0.15, -0.1) is 0 Å². The van der Waals surface area contributed by atoms with Crippen molar-refractivity contribution in [1.29, 1.82) is 0 Å². The lowest BCUT2D eigenvalue weighted by molar-refractivity contribution is -0.384. The first kappa shape index (κ1) is 20.6. The summed E-state index contributed by atoms with van der Waals surface area (Å²) < 4.78 is 55.2. The first-order valence-corrected chi connectivity index (χ1v) is 10.2. The van der Waals surface area contributed by atoms with Gasteiger partial charge in [-0.3, -0.25) is 14.7 Å². The van der Waals surface area contributed by atoms with Crippen LogP contribution in [0.5, 0.6) is 0 Å². The van der Waals surface area contributed by atoms with Crippen LogP contribution in [0.15, 0.2) is 46.2 Å². The van der Waals surface area contributed by atoms with E-state index in [1.54, 1.807) is 0 Å². The Labute approximate surface area is 154 Å². The van der Waals surface area contributed by atoms with Gasteiger partial charge < -0.3 is 16.2 Å². The molecule has 0 radical (unpaired) electrons. The number of aliphatic hydroxyl groups is 1. The Morgan fingerprint density at radius 3 is 2.26 bits per heavy atom. The molecule has 2 rings (SSSR count). The van der Waals surface area contributed by atoms with Crippen molar-refractivity contribution in [2.24, 2.45) is 0 Å². The Balaban J connectivity index is 2.48. The van der Waals surface area contributed by atoms with Crippen molar-refractivity contribution >= 4 is 42.7 Å². The van der Waals surface area contributed by atoms with Gasteiger partial charge in [0, 0.05) is 11.8 Å². The zero-order chi connectivity index (χ0) is 20.6. The monoisotopic (exact) mass is 417 g/mol. The van der Waals surface area contributed by atoms with Crippen molar-refractivity contribution in [2.45, 2.75) is 22.2 Å². The molecule has 27 heavy (non-hydrogen) atoms. The third-order valence-electron chi connectivity index (χ3n) is 3.51. The highest BCUT2D eigenvalue weighted by Gasteiger charge is 2.25. The topological polar surface area (TPSA) is 190 Å². The lowest BCUT2D eigenvalue weighted by Gasteiger charge is -2.11. The van der Waals surface area contributed by atoms with Crippen molar-refractivity contribution in [1.82, 2.24) is 0 Å². The number of nitro groups is 1. The Morgan fingerprint density at radius 2 is 1.78 bits per heavy atom. The minimum absolute atomic E-state index is 0.0939. The van der Waals surface area contributed by atoms with Crippen LogP contribution in [0.25, 0.3) is 0 Å². The summed E-state index contributed by atoms with van der Waals surface area (Å²) in [6, 6.07) is 6.34. The molecular weight excluding hydrogens is 402 g/mol. The molecule has 1 unspecified atom stereocenters. The molecule has 1 atom stereocenters. The summed E-state index contributed by atoms with van der Waals surface area (Å²) in [5, 5.41) is 23.2. The van der Waals surface area contributed by atoms with E-state index in [9.17, 15) is 32.1 Å². The molecule has 0 fully saturated rings. The lowest BCUT2D eigenvalue weighted by atomic mass is 10.2. The van der Waals surface area contributed by atoms with Crippen LogP contribution in [-0.4, -0.2) is 36.9 Å². The summed E-state index contributed by atoms with van der Waals surface area (Å²) in [6.45, 7) is 1.02. The number of nitrogens with zero attached hydrogens (tertiary/aromatic N) is 1. The average Bonchev–Trinajstić information content (AvgIpc) is 2.53. The summed E-state index contributed by atoms with van der Waals surface area (Å²) in [6.07, 6.45) is 0. The summed E-state index contributed by atoms with van der Waals surface area (Å²) in [5.41, 5.74) is 2.99. The van der Waals surface area contributed by atoms with Gasteiger partial charge in [-0.05, 0) is 37.3 Å². The van der Waals surface area contributed by atoms with E-state index in [4.69, 9.17) is 10.3 Å². The van der Waals surface area contributed by atoms with E-state index in [0.29, 0.717) is 0 Å². The van der Waals surface area contributed by atoms with Crippen molar-refractivity contribution in [3.63, 3.8) is 0 Å². The molecule has 2 aromatic rings. The van der Waals surface area contributed by atoms with Gasteiger partial charge in [0.2, 0.25) is 9.84 Å². The molecule has 0 aromatic heterocycles. The average molecular weight is 417 g/mol. The first-order valence-electron chi connectivity index (χ1n) is 7.18. The molecule has 11 nitrogen and oxygen atoms in total. The summed E-state index contributed by atoms with van der Waals surface area (Å²) >= 11 is 0. The number of nitro benzene ring substituents is 1. The normalized spacial score (nSPS) is 13.1. The van der Waals surface area contributed by atoms with Gasteiger partial charge in [0.1, 0.15) is 10.6 Å². The van der Waals surface area contributed by atoms with Crippen LogP contribution in [0.3, 0.4) is 0 Å². The van der Waals surface area contributed by atoms with Gasteiger partial charge in [0.25, 0.3) is 15.8 Å². The number of hydrogen-bond donors (Lipinski definition) is 4. The van der Waals surface area contributed by atoms with E-state index in [1.807, 2.05) is 0 Å². The molecule has 0 spiro atoms.